The Morgan fingerprint density at radius 2 is 1.67 bits per heavy atom. The number of rotatable bonds is 4. The molecule has 1 aromatic carbocycles. The van der Waals surface area contributed by atoms with E-state index in [0.717, 1.165) is 12.1 Å². The highest BCUT2D eigenvalue weighted by Crippen LogP contribution is 2.21. The molecule has 1 amide bonds. The SMILES string of the molecule is CC(=O)c1ccc(NC(=O)CCC(C)(C)C)cc1. The largest absolute Gasteiger partial charge is 0.326 e. The van der Waals surface area contributed by atoms with Gasteiger partial charge in [-0.15, -0.1) is 0 Å². The molecule has 0 aliphatic rings. The van der Waals surface area contributed by atoms with Crippen molar-refractivity contribution in [3.8, 4) is 0 Å². The minimum atomic E-state index is 0.0144. The van der Waals surface area contributed by atoms with Crippen molar-refractivity contribution < 1.29 is 9.59 Å². The van der Waals surface area contributed by atoms with E-state index in [0.29, 0.717) is 12.0 Å². The molecule has 1 aromatic rings. The number of carbonyl (C=O) groups is 2. The minimum Gasteiger partial charge on any atom is -0.326 e. The van der Waals surface area contributed by atoms with Gasteiger partial charge in [-0.25, -0.2) is 0 Å². The van der Waals surface area contributed by atoms with Gasteiger partial charge in [0, 0.05) is 17.7 Å². The second kappa shape index (κ2) is 5.80. The van der Waals surface area contributed by atoms with Crippen molar-refractivity contribution >= 4 is 17.4 Å². The van der Waals surface area contributed by atoms with Crippen LogP contribution in [-0.2, 0) is 4.79 Å². The first-order valence-electron chi connectivity index (χ1n) is 6.19. The van der Waals surface area contributed by atoms with Crippen LogP contribution in [0.2, 0.25) is 0 Å². The number of benzene rings is 1. The average molecular weight is 247 g/mol. The van der Waals surface area contributed by atoms with E-state index in [9.17, 15) is 9.59 Å². The van der Waals surface area contributed by atoms with Crippen LogP contribution in [0, 0.1) is 5.41 Å². The van der Waals surface area contributed by atoms with E-state index in [1.807, 2.05) is 0 Å². The molecule has 0 aliphatic heterocycles. The second-order valence-corrected chi connectivity index (χ2v) is 5.74. The van der Waals surface area contributed by atoms with E-state index in [4.69, 9.17) is 0 Å². The van der Waals surface area contributed by atoms with Crippen LogP contribution in [0.1, 0.15) is 50.9 Å². The van der Waals surface area contributed by atoms with Crippen LogP contribution in [0.3, 0.4) is 0 Å². The summed E-state index contributed by atoms with van der Waals surface area (Å²) in [7, 11) is 0. The van der Waals surface area contributed by atoms with Crippen molar-refractivity contribution in [1.82, 2.24) is 0 Å². The van der Waals surface area contributed by atoms with E-state index in [-0.39, 0.29) is 17.1 Å². The molecule has 0 saturated carbocycles. The van der Waals surface area contributed by atoms with Crippen LogP contribution in [0.25, 0.3) is 0 Å². The topological polar surface area (TPSA) is 46.2 Å². The highest BCUT2D eigenvalue weighted by atomic mass is 16.1. The first kappa shape index (κ1) is 14.4. The highest BCUT2D eigenvalue weighted by molar-refractivity contribution is 5.95. The van der Waals surface area contributed by atoms with Crippen LogP contribution in [0.15, 0.2) is 24.3 Å². The van der Waals surface area contributed by atoms with Crippen molar-refractivity contribution in [3.63, 3.8) is 0 Å². The summed E-state index contributed by atoms with van der Waals surface area (Å²) in [5.41, 5.74) is 1.55. The zero-order valence-corrected chi connectivity index (χ0v) is 11.5. The molecule has 1 rings (SSSR count). The molecule has 3 nitrogen and oxygen atoms in total. The quantitative estimate of drug-likeness (QED) is 0.825. The predicted octanol–water partition coefficient (Wildman–Crippen LogP) is 3.65. The molecule has 0 spiro atoms. The number of hydrogen-bond acceptors (Lipinski definition) is 2. The zero-order valence-electron chi connectivity index (χ0n) is 11.5. The van der Waals surface area contributed by atoms with Crippen LogP contribution in [-0.4, -0.2) is 11.7 Å². The first-order valence-corrected chi connectivity index (χ1v) is 6.19. The third kappa shape index (κ3) is 5.13. The lowest BCUT2D eigenvalue weighted by molar-refractivity contribution is -0.116. The van der Waals surface area contributed by atoms with Gasteiger partial charge in [-0.1, -0.05) is 20.8 Å². The minimum absolute atomic E-state index is 0.0144. The van der Waals surface area contributed by atoms with Gasteiger partial charge in [0.1, 0.15) is 0 Å². The number of carbonyl (C=O) groups excluding carboxylic acids is 2. The Morgan fingerprint density at radius 3 is 2.11 bits per heavy atom. The van der Waals surface area contributed by atoms with Crippen molar-refractivity contribution in [2.45, 2.75) is 40.5 Å². The van der Waals surface area contributed by atoms with Crippen molar-refractivity contribution in [2.24, 2.45) is 5.41 Å². The molecule has 0 aliphatic carbocycles. The van der Waals surface area contributed by atoms with Gasteiger partial charge in [0.15, 0.2) is 5.78 Å². The standard InChI is InChI=1S/C15H21NO2/c1-11(17)12-5-7-13(8-6-12)16-14(18)9-10-15(2,3)4/h5-8H,9-10H2,1-4H3,(H,16,18). The van der Waals surface area contributed by atoms with Crippen molar-refractivity contribution in [2.75, 3.05) is 5.32 Å². The van der Waals surface area contributed by atoms with Gasteiger partial charge in [-0.2, -0.15) is 0 Å². The summed E-state index contributed by atoms with van der Waals surface area (Å²) >= 11 is 0. The Hall–Kier alpha value is -1.64. The van der Waals surface area contributed by atoms with Crippen LogP contribution >= 0.6 is 0 Å². The van der Waals surface area contributed by atoms with Gasteiger partial charge < -0.3 is 5.32 Å². The van der Waals surface area contributed by atoms with Crippen LogP contribution in [0.5, 0.6) is 0 Å². The van der Waals surface area contributed by atoms with Crippen LogP contribution < -0.4 is 5.32 Å². The molecule has 0 unspecified atom stereocenters. The molecule has 0 radical (unpaired) electrons. The van der Waals surface area contributed by atoms with E-state index >= 15 is 0 Å². The van der Waals surface area contributed by atoms with Gasteiger partial charge in [-0.3, -0.25) is 9.59 Å². The van der Waals surface area contributed by atoms with Crippen LogP contribution in [0.4, 0.5) is 5.69 Å². The lowest BCUT2D eigenvalue weighted by Gasteiger charge is -2.17. The fourth-order valence-corrected chi connectivity index (χ4v) is 1.50. The normalized spacial score (nSPS) is 11.1. The fraction of sp³-hybridized carbons (Fsp3) is 0.467. The summed E-state index contributed by atoms with van der Waals surface area (Å²) in [5.74, 6) is 0.0427. The molecule has 0 heterocycles. The summed E-state index contributed by atoms with van der Waals surface area (Å²) in [6.45, 7) is 7.86. The van der Waals surface area contributed by atoms with Gasteiger partial charge in [0.25, 0.3) is 0 Å². The lowest BCUT2D eigenvalue weighted by Crippen LogP contribution is -2.15. The molecule has 0 bridgehead atoms. The van der Waals surface area contributed by atoms with Gasteiger partial charge in [0.2, 0.25) is 5.91 Å². The lowest BCUT2D eigenvalue weighted by atomic mass is 9.90. The molecule has 0 atom stereocenters. The highest BCUT2D eigenvalue weighted by Gasteiger charge is 2.12. The monoisotopic (exact) mass is 247 g/mol. The number of Topliss-reactive ketones (excluding diaryl/α,β-unsaturated/α-hetero) is 1. The number of anilines is 1. The van der Waals surface area contributed by atoms with E-state index in [1.165, 1.54) is 6.92 Å². The number of nitrogens with one attached hydrogen (secondary N) is 1. The van der Waals surface area contributed by atoms with Gasteiger partial charge >= 0.3 is 0 Å². The number of hydrogen-bond donors (Lipinski definition) is 1. The molecule has 0 fully saturated rings. The Labute approximate surface area is 109 Å². The summed E-state index contributed by atoms with van der Waals surface area (Å²) in [5, 5.41) is 2.83. The third-order valence-electron chi connectivity index (χ3n) is 2.68. The zero-order chi connectivity index (χ0) is 13.8. The molecule has 1 N–H and O–H groups in total. The van der Waals surface area contributed by atoms with Gasteiger partial charge in [-0.05, 0) is 43.0 Å². The van der Waals surface area contributed by atoms with Gasteiger partial charge in [0.05, 0.1) is 0 Å². The maximum absolute atomic E-state index is 11.7. The molecule has 0 aromatic heterocycles. The Kier molecular flexibility index (Phi) is 4.65. The summed E-state index contributed by atoms with van der Waals surface area (Å²) in [6.07, 6.45) is 1.36. The third-order valence-corrected chi connectivity index (χ3v) is 2.68. The Morgan fingerprint density at radius 1 is 1.11 bits per heavy atom. The number of amides is 1. The molecule has 18 heavy (non-hydrogen) atoms. The number of ketones is 1. The predicted molar refractivity (Wildman–Crippen MR) is 73.8 cm³/mol. The fourth-order valence-electron chi connectivity index (χ4n) is 1.50. The van der Waals surface area contributed by atoms with E-state index in [1.54, 1.807) is 24.3 Å². The molecule has 98 valence electrons. The molecular formula is C15H21NO2. The van der Waals surface area contributed by atoms with E-state index < -0.39 is 0 Å². The van der Waals surface area contributed by atoms with E-state index in [2.05, 4.69) is 26.1 Å². The molecule has 3 heteroatoms. The maximum atomic E-state index is 11.7. The Bertz CT molecular complexity index is 427. The van der Waals surface area contributed by atoms with Crippen molar-refractivity contribution in [1.29, 1.82) is 0 Å². The average Bonchev–Trinajstić information content (AvgIpc) is 2.26. The Balaban J connectivity index is 2.52. The summed E-state index contributed by atoms with van der Waals surface area (Å²) < 4.78 is 0. The smallest absolute Gasteiger partial charge is 0.224 e. The maximum Gasteiger partial charge on any atom is 0.224 e. The molecular weight excluding hydrogens is 226 g/mol. The second-order valence-electron chi connectivity index (χ2n) is 5.74. The summed E-state index contributed by atoms with van der Waals surface area (Å²) in [6, 6.07) is 6.96. The van der Waals surface area contributed by atoms with Crippen molar-refractivity contribution in [3.05, 3.63) is 29.8 Å². The first-order chi connectivity index (χ1) is 8.28. The summed E-state index contributed by atoms with van der Waals surface area (Å²) in [4.78, 5) is 22.8. The molecule has 0 saturated heterocycles.